The summed E-state index contributed by atoms with van der Waals surface area (Å²) in [5, 5.41) is 2.62. The van der Waals surface area contributed by atoms with Gasteiger partial charge in [-0.1, -0.05) is 0 Å². The van der Waals surface area contributed by atoms with Gasteiger partial charge in [0, 0.05) is 31.5 Å². The summed E-state index contributed by atoms with van der Waals surface area (Å²) in [5.41, 5.74) is 0.847. The molecule has 4 rings (SSSR count). The summed E-state index contributed by atoms with van der Waals surface area (Å²) in [6.07, 6.45) is 4.80. The van der Waals surface area contributed by atoms with Crippen LogP contribution in [-0.4, -0.2) is 63.7 Å². The van der Waals surface area contributed by atoms with Crippen molar-refractivity contribution in [3.05, 3.63) is 47.9 Å². The van der Waals surface area contributed by atoms with Crippen molar-refractivity contribution in [1.29, 1.82) is 0 Å². The molecule has 1 saturated heterocycles. The summed E-state index contributed by atoms with van der Waals surface area (Å²) in [5.74, 6) is -1.03. The van der Waals surface area contributed by atoms with Crippen molar-refractivity contribution in [3.63, 3.8) is 0 Å². The molecule has 1 fully saturated rings. The number of morpholine rings is 1. The van der Waals surface area contributed by atoms with Gasteiger partial charge in [0.2, 0.25) is 0 Å². The number of carbonyl (C=O) groups excluding carboxylic acids is 1. The molecule has 0 spiro atoms. The Morgan fingerprint density at radius 2 is 2.00 bits per heavy atom. The number of ether oxygens (including phenoxy) is 1. The number of sulfonamides is 1. The van der Waals surface area contributed by atoms with Crippen LogP contribution in [0, 0.1) is 5.82 Å². The second-order valence-corrected chi connectivity index (χ2v) is 8.29. The molecule has 0 aliphatic carbocycles. The van der Waals surface area contributed by atoms with Gasteiger partial charge in [-0.2, -0.15) is 0 Å². The molecule has 3 aliphatic rings. The van der Waals surface area contributed by atoms with E-state index in [2.05, 4.69) is 9.71 Å². The number of carbonyl (C=O) groups is 1. The fourth-order valence-corrected chi connectivity index (χ4v) is 4.22. The molecular weight excluding hydrogens is 387 g/mol. The molecule has 0 bridgehead atoms. The smallest absolute Gasteiger partial charge is 0.259 e. The van der Waals surface area contributed by atoms with Crippen LogP contribution in [0.4, 0.5) is 15.8 Å². The number of amidine groups is 1. The van der Waals surface area contributed by atoms with Crippen LogP contribution in [0.5, 0.6) is 0 Å². The first-order chi connectivity index (χ1) is 13.4. The van der Waals surface area contributed by atoms with Crippen LogP contribution in [0.15, 0.2) is 46.5 Å². The maximum atomic E-state index is 14.5. The van der Waals surface area contributed by atoms with Crippen LogP contribution < -0.4 is 10.2 Å². The number of nitrogens with one attached hydrogen (secondary N) is 1. The molecule has 148 valence electrons. The van der Waals surface area contributed by atoms with E-state index in [1.807, 2.05) is 4.90 Å². The minimum absolute atomic E-state index is 0.0802. The van der Waals surface area contributed by atoms with Gasteiger partial charge >= 0.3 is 0 Å². The van der Waals surface area contributed by atoms with Crippen LogP contribution in [0.1, 0.15) is 0 Å². The molecule has 10 heteroatoms. The van der Waals surface area contributed by atoms with Gasteiger partial charge in [0.15, 0.2) is 5.84 Å². The maximum Gasteiger partial charge on any atom is 0.259 e. The van der Waals surface area contributed by atoms with Crippen LogP contribution >= 0.6 is 0 Å². The monoisotopic (exact) mass is 406 g/mol. The molecule has 0 radical (unpaired) electrons. The first-order valence-electron chi connectivity index (χ1n) is 8.85. The summed E-state index contributed by atoms with van der Waals surface area (Å²) in [7, 11) is -3.60. The lowest BCUT2D eigenvalue weighted by Gasteiger charge is -2.29. The highest BCUT2D eigenvalue weighted by Gasteiger charge is 2.30. The van der Waals surface area contributed by atoms with Crippen molar-refractivity contribution in [3.8, 4) is 0 Å². The summed E-state index contributed by atoms with van der Waals surface area (Å²) in [6, 6.07) is 4.47. The van der Waals surface area contributed by atoms with Gasteiger partial charge < -0.3 is 19.9 Å². The maximum absolute atomic E-state index is 14.5. The van der Waals surface area contributed by atoms with Gasteiger partial charge in [-0.25, -0.2) is 12.8 Å². The predicted molar refractivity (Wildman–Crippen MR) is 103 cm³/mol. The van der Waals surface area contributed by atoms with Gasteiger partial charge in [0.1, 0.15) is 5.82 Å². The van der Waals surface area contributed by atoms with E-state index in [-0.39, 0.29) is 29.4 Å². The summed E-state index contributed by atoms with van der Waals surface area (Å²) in [6.45, 7) is 2.52. The standard InChI is InChI=1S/C18H19FN4O4S/c19-15-12-13(3-4-16(15)22-6-9-27-10-7-22)20-18(24)14-2-1-5-23-8-11-28(25,26)21-17(14)23/h1-5,12H,6-11H2,(H,20,24). The molecule has 1 amide bonds. The highest BCUT2D eigenvalue weighted by Crippen LogP contribution is 2.25. The zero-order valence-electron chi connectivity index (χ0n) is 15.0. The van der Waals surface area contributed by atoms with Crippen molar-refractivity contribution in [2.24, 2.45) is 4.40 Å². The molecular formula is C18H19FN4O4S. The Morgan fingerprint density at radius 3 is 2.75 bits per heavy atom. The molecule has 3 aliphatic heterocycles. The van der Waals surface area contributed by atoms with Crippen molar-refractivity contribution >= 4 is 33.1 Å². The minimum Gasteiger partial charge on any atom is -0.378 e. The molecule has 3 heterocycles. The van der Waals surface area contributed by atoms with E-state index in [1.54, 1.807) is 29.3 Å². The van der Waals surface area contributed by atoms with E-state index < -0.39 is 21.7 Å². The highest BCUT2D eigenvalue weighted by atomic mass is 32.2. The Bertz CT molecular complexity index is 997. The Balaban J connectivity index is 1.53. The highest BCUT2D eigenvalue weighted by molar-refractivity contribution is 7.90. The number of benzene rings is 1. The summed E-state index contributed by atoms with van der Waals surface area (Å²) < 4.78 is 47.1. The lowest BCUT2D eigenvalue weighted by molar-refractivity contribution is -0.112. The van der Waals surface area contributed by atoms with E-state index in [1.165, 1.54) is 12.1 Å². The molecule has 1 aromatic rings. The number of anilines is 2. The molecule has 28 heavy (non-hydrogen) atoms. The number of fused-ring (bicyclic) bond motifs is 1. The Kier molecular flexibility index (Phi) is 4.90. The van der Waals surface area contributed by atoms with Gasteiger partial charge in [-0.3, -0.25) is 4.79 Å². The number of halogens is 1. The van der Waals surface area contributed by atoms with Gasteiger partial charge in [0.25, 0.3) is 15.9 Å². The Labute approximate surface area is 162 Å². The van der Waals surface area contributed by atoms with Crippen LogP contribution in [-0.2, 0) is 19.6 Å². The van der Waals surface area contributed by atoms with Crippen molar-refractivity contribution < 1.29 is 22.3 Å². The molecule has 8 nitrogen and oxygen atoms in total. The average molecular weight is 406 g/mol. The van der Waals surface area contributed by atoms with Crippen LogP contribution in [0.3, 0.4) is 0 Å². The quantitative estimate of drug-likeness (QED) is 0.808. The lowest BCUT2D eigenvalue weighted by atomic mass is 10.1. The number of nitrogens with zero attached hydrogens (tertiary/aromatic N) is 3. The van der Waals surface area contributed by atoms with Gasteiger partial charge in [0.05, 0.1) is 30.2 Å². The number of amides is 1. The Hall–Kier alpha value is -2.72. The minimum atomic E-state index is -3.60. The summed E-state index contributed by atoms with van der Waals surface area (Å²) >= 11 is 0. The Morgan fingerprint density at radius 1 is 1.21 bits per heavy atom. The fourth-order valence-electron chi connectivity index (χ4n) is 3.24. The fraction of sp³-hybridized carbons (Fsp3) is 0.333. The van der Waals surface area contributed by atoms with Gasteiger partial charge in [-0.15, -0.1) is 4.40 Å². The molecule has 0 unspecified atom stereocenters. The first-order valence-corrected chi connectivity index (χ1v) is 10.5. The number of hydrogen-bond acceptors (Lipinski definition) is 6. The SMILES string of the molecule is O=C(Nc1ccc(N2CCOCC2)c(F)c1)C1=CC=CN2CCS(=O)(=O)N=C12. The predicted octanol–water partition coefficient (Wildman–Crippen LogP) is 1.10. The molecule has 0 atom stereocenters. The van der Waals surface area contributed by atoms with E-state index >= 15 is 0 Å². The molecule has 0 aromatic heterocycles. The van der Waals surface area contributed by atoms with Crippen molar-refractivity contribution in [2.75, 3.05) is 48.8 Å². The van der Waals surface area contributed by atoms with E-state index in [4.69, 9.17) is 4.74 Å². The average Bonchev–Trinajstić information content (AvgIpc) is 2.67. The van der Waals surface area contributed by atoms with Crippen LogP contribution in [0.2, 0.25) is 0 Å². The molecule has 1 N–H and O–H groups in total. The van der Waals surface area contributed by atoms with E-state index in [0.717, 1.165) is 0 Å². The van der Waals surface area contributed by atoms with E-state index in [9.17, 15) is 17.6 Å². The third-order valence-corrected chi connectivity index (χ3v) is 5.81. The molecule has 1 aromatic carbocycles. The molecule has 0 saturated carbocycles. The topological polar surface area (TPSA) is 91.3 Å². The summed E-state index contributed by atoms with van der Waals surface area (Å²) in [4.78, 5) is 16.2. The third-order valence-electron chi connectivity index (χ3n) is 4.66. The zero-order valence-corrected chi connectivity index (χ0v) is 15.8. The lowest BCUT2D eigenvalue weighted by Crippen LogP contribution is -2.40. The second kappa shape index (κ2) is 7.36. The number of allylic oxidation sites excluding steroid dienone is 2. The van der Waals surface area contributed by atoms with E-state index in [0.29, 0.717) is 32.0 Å². The largest absolute Gasteiger partial charge is 0.378 e. The zero-order chi connectivity index (χ0) is 19.7. The number of rotatable bonds is 3. The van der Waals surface area contributed by atoms with Crippen LogP contribution in [0.25, 0.3) is 0 Å². The third kappa shape index (κ3) is 3.78. The van der Waals surface area contributed by atoms with Gasteiger partial charge in [-0.05, 0) is 30.4 Å². The van der Waals surface area contributed by atoms with Crippen molar-refractivity contribution in [1.82, 2.24) is 4.90 Å². The van der Waals surface area contributed by atoms with Crippen molar-refractivity contribution in [2.45, 2.75) is 0 Å². The first kappa shape index (κ1) is 18.6. The second-order valence-electron chi connectivity index (χ2n) is 6.54. The number of hydrogen-bond donors (Lipinski definition) is 1. The normalized spacial score (nSPS) is 20.9.